The molecule has 1 aromatic carbocycles. The lowest BCUT2D eigenvalue weighted by Gasteiger charge is -2.23. The molecule has 0 unspecified atom stereocenters. The lowest BCUT2D eigenvalue weighted by atomic mass is 10.2. The number of aromatic nitrogens is 1. The fraction of sp³-hybridized carbons (Fsp3) is 0.333. The van der Waals surface area contributed by atoms with Gasteiger partial charge in [0.15, 0.2) is 0 Å². The molecule has 0 aliphatic heterocycles. The number of rotatable bonds is 8. The van der Waals surface area contributed by atoms with Crippen molar-refractivity contribution in [1.82, 2.24) is 4.98 Å². The van der Waals surface area contributed by atoms with Crippen molar-refractivity contribution in [2.24, 2.45) is 5.73 Å². The number of hydrogen-bond acceptors (Lipinski definition) is 4. The minimum Gasteiger partial charge on any atom is -0.366 e. The van der Waals surface area contributed by atoms with Gasteiger partial charge in [0.2, 0.25) is 5.91 Å². The van der Waals surface area contributed by atoms with Crippen LogP contribution in [0.5, 0.6) is 0 Å². The van der Waals surface area contributed by atoms with E-state index in [1.54, 1.807) is 6.20 Å². The Morgan fingerprint density at radius 3 is 2.61 bits per heavy atom. The molecule has 5 nitrogen and oxygen atoms in total. The number of anilines is 2. The van der Waals surface area contributed by atoms with Gasteiger partial charge in [-0.25, -0.2) is 4.98 Å². The predicted molar refractivity (Wildman–Crippen MR) is 94.3 cm³/mol. The summed E-state index contributed by atoms with van der Waals surface area (Å²) in [5, 5.41) is 2.79. The van der Waals surface area contributed by atoms with Gasteiger partial charge in [0.05, 0.1) is 11.9 Å². The summed E-state index contributed by atoms with van der Waals surface area (Å²) in [6.45, 7) is 4.36. The average molecular weight is 312 g/mol. The zero-order chi connectivity index (χ0) is 16.5. The fourth-order valence-electron chi connectivity index (χ4n) is 2.30. The number of carbonyl (C=O) groups excluding carboxylic acids is 1. The van der Waals surface area contributed by atoms with E-state index >= 15 is 0 Å². The molecule has 2 rings (SSSR count). The average Bonchev–Trinajstić information content (AvgIpc) is 2.59. The Hall–Kier alpha value is -2.40. The first kappa shape index (κ1) is 17.0. The topological polar surface area (TPSA) is 71.2 Å². The van der Waals surface area contributed by atoms with E-state index in [9.17, 15) is 4.79 Å². The molecule has 1 amide bonds. The molecule has 0 atom stereocenters. The van der Waals surface area contributed by atoms with Gasteiger partial charge in [-0.05, 0) is 37.6 Å². The highest BCUT2D eigenvalue weighted by atomic mass is 16.1. The number of nitrogens with two attached hydrogens (primary N) is 1. The lowest BCUT2D eigenvalue weighted by molar-refractivity contribution is -0.116. The molecule has 0 bridgehead atoms. The van der Waals surface area contributed by atoms with Gasteiger partial charge in [-0.1, -0.05) is 30.3 Å². The van der Waals surface area contributed by atoms with Crippen LogP contribution >= 0.6 is 0 Å². The van der Waals surface area contributed by atoms with Gasteiger partial charge in [0.25, 0.3) is 0 Å². The Morgan fingerprint density at radius 2 is 2.00 bits per heavy atom. The van der Waals surface area contributed by atoms with Crippen LogP contribution in [-0.2, 0) is 11.3 Å². The zero-order valence-electron chi connectivity index (χ0n) is 13.5. The number of nitrogens with zero attached hydrogens (tertiary/aromatic N) is 2. The predicted octanol–water partition coefficient (Wildman–Crippen LogP) is 2.79. The monoisotopic (exact) mass is 312 g/mol. The molecule has 3 N–H and O–H groups in total. The molecule has 5 heteroatoms. The van der Waals surface area contributed by atoms with Crippen LogP contribution in [-0.4, -0.2) is 24.0 Å². The summed E-state index contributed by atoms with van der Waals surface area (Å²) < 4.78 is 0. The van der Waals surface area contributed by atoms with Crippen LogP contribution in [0.4, 0.5) is 11.5 Å². The van der Waals surface area contributed by atoms with Crippen LogP contribution in [0.1, 0.15) is 25.3 Å². The molecule has 0 saturated carbocycles. The molecular formula is C18H24N4O. The zero-order valence-corrected chi connectivity index (χ0v) is 13.5. The van der Waals surface area contributed by atoms with Gasteiger partial charge in [0, 0.05) is 19.5 Å². The van der Waals surface area contributed by atoms with E-state index in [0.717, 1.165) is 18.8 Å². The second-order valence-electron chi connectivity index (χ2n) is 5.34. The van der Waals surface area contributed by atoms with Crippen molar-refractivity contribution in [1.29, 1.82) is 0 Å². The van der Waals surface area contributed by atoms with Gasteiger partial charge >= 0.3 is 0 Å². The van der Waals surface area contributed by atoms with Crippen molar-refractivity contribution in [2.75, 3.05) is 23.3 Å². The SMILES string of the molecule is CCN(Cc1ccccc1)c1ccc(NC(=O)CCCN)nc1. The maximum Gasteiger partial charge on any atom is 0.225 e. The van der Waals surface area contributed by atoms with E-state index in [1.165, 1.54) is 5.56 Å². The van der Waals surface area contributed by atoms with Crippen LogP contribution in [0.2, 0.25) is 0 Å². The van der Waals surface area contributed by atoms with Crippen molar-refractivity contribution in [3.05, 3.63) is 54.2 Å². The first-order valence-electron chi connectivity index (χ1n) is 7.97. The summed E-state index contributed by atoms with van der Waals surface area (Å²) in [6, 6.07) is 14.2. The van der Waals surface area contributed by atoms with Gasteiger partial charge in [0.1, 0.15) is 5.82 Å². The third-order valence-electron chi connectivity index (χ3n) is 3.59. The Balaban J connectivity index is 1.98. The summed E-state index contributed by atoms with van der Waals surface area (Å²) in [7, 11) is 0. The third-order valence-corrected chi connectivity index (χ3v) is 3.59. The van der Waals surface area contributed by atoms with Gasteiger partial charge in [-0.15, -0.1) is 0 Å². The quantitative estimate of drug-likeness (QED) is 0.786. The Labute approximate surface area is 137 Å². The van der Waals surface area contributed by atoms with Gasteiger partial charge in [-0.2, -0.15) is 0 Å². The summed E-state index contributed by atoms with van der Waals surface area (Å²) in [5.41, 5.74) is 7.70. The van der Waals surface area contributed by atoms with Crippen LogP contribution in [0.15, 0.2) is 48.7 Å². The Kier molecular flexibility index (Phi) is 6.56. The summed E-state index contributed by atoms with van der Waals surface area (Å²) in [4.78, 5) is 18.2. The highest BCUT2D eigenvalue weighted by molar-refractivity contribution is 5.89. The highest BCUT2D eigenvalue weighted by Gasteiger charge is 2.07. The van der Waals surface area contributed by atoms with Crippen LogP contribution < -0.4 is 16.0 Å². The molecule has 2 aromatic rings. The van der Waals surface area contributed by atoms with Crippen molar-refractivity contribution in [3.63, 3.8) is 0 Å². The van der Waals surface area contributed by atoms with E-state index < -0.39 is 0 Å². The molecule has 1 heterocycles. The molecular weight excluding hydrogens is 288 g/mol. The molecule has 0 aliphatic carbocycles. The second-order valence-corrected chi connectivity index (χ2v) is 5.34. The highest BCUT2D eigenvalue weighted by Crippen LogP contribution is 2.18. The smallest absolute Gasteiger partial charge is 0.225 e. The summed E-state index contributed by atoms with van der Waals surface area (Å²) in [6.07, 6.45) is 2.91. The van der Waals surface area contributed by atoms with Gasteiger partial charge in [-0.3, -0.25) is 4.79 Å². The van der Waals surface area contributed by atoms with E-state index in [2.05, 4.69) is 34.3 Å². The standard InChI is InChI=1S/C18H24N4O/c1-2-22(14-15-7-4-3-5-8-15)16-10-11-17(20-13-16)21-18(23)9-6-12-19/h3-5,7-8,10-11,13H,2,6,9,12,14,19H2,1H3,(H,20,21,23). The normalized spacial score (nSPS) is 10.3. The molecule has 0 fully saturated rings. The number of amides is 1. The first-order valence-corrected chi connectivity index (χ1v) is 7.97. The minimum atomic E-state index is -0.0488. The third kappa shape index (κ3) is 5.38. The molecule has 0 spiro atoms. The molecule has 122 valence electrons. The van der Waals surface area contributed by atoms with E-state index in [-0.39, 0.29) is 5.91 Å². The molecule has 0 aliphatic rings. The van der Waals surface area contributed by atoms with Crippen molar-refractivity contribution >= 4 is 17.4 Å². The second kappa shape index (κ2) is 8.90. The van der Waals surface area contributed by atoms with Crippen molar-refractivity contribution in [2.45, 2.75) is 26.3 Å². The maximum atomic E-state index is 11.7. The molecule has 0 radical (unpaired) electrons. The van der Waals surface area contributed by atoms with Gasteiger partial charge < -0.3 is 16.0 Å². The number of benzene rings is 1. The minimum absolute atomic E-state index is 0.0488. The number of carbonyl (C=O) groups is 1. The number of nitrogens with one attached hydrogen (secondary N) is 1. The van der Waals surface area contributed by atoms with E-state index in [0.29, 0.717) is 25.2 Å². The Bertz CT molecular complexity index is 598. The molecule has 1 aromatic heterocycles. The maximum absolute atomic E-state index is 11.7. The summed E-state index contributed by atoms with van der Waals surface area (Å²) >= 11 is 0. The first-order chi connectivity index (χ1) is 11.2. The van der Waals surface area contributed by atoms with E-state index in [1.807, 2.05) is 30.3 Å². The fourth-order valence-corrected chi connectivity index (χ4v) is 2.30. The largest absolute Gasteiger partial charge is 0.366 e. The lowest BCUT2D eigenvalue weighted by Crippen LogP contribution is -2.22. The molecule has 23 heavy (non-hydrogen) atoms. The Morgan fingerprint density at radius 1 is 1.22 bits per heavy atom. The van der Waals surface area contributed by atoms with Crippen LogP contribution in [0.25, 0.3) is 0 Å². The van der Waals surface area contributed by atoms with Crippen LogP contribution in [0, 0.1) is 0 Å². The van der Waals surface area contributed by atoms with Crippen LogP contribution in [0.3, 0.4) is 0 Å². The molecule has 0 saturated heterocycles. The van der Waals surface area contributed by atoms with Crippen molar-refractivity contribution < 1.29 is 4.79 Å². The summed E-state index contributed by atoms with van der Waals surface area (Å²) in [5.74, 6) is 0.527. The number of pyridine rings is 1. The number of hydrogen-bond donors (Lipinski definition) is 2. The van der Waals surface area contributed by atoms with E-state index in [4.69, 9.17) is 5.73 Å². The van der Waals surface area contributed by atoms with Crippen molar-refractivity contribution in [3.8, 4) is 0 Å².